The van der Waals surface area contributed by atoms with E-state index in [0.29, 0.717) is 27.4 Å². The van der Waals surface area contributed by atoms with Crippen LogP contribution in [0.4, 0.5) is 17.3 Å². The van der Waals surface area contributed by atoms with Gasteiger partial charge in [0.05, 0.1) is 10.2 Å². The molecule has 0 saturated carbocycles. The molecule has 9 heteroatoms. The van der Waals surface area contributed by atoms with E-state index in [-0.39, 0.29) is 0 Å². The first-order valence-corrected chi connectivity index (χ1v) is 9.37. The van der Waals surface area contributed by atoms with Crippen molar-refractivity contribution in [2.45, 2.75) is 0 Å². The summed E-state index contributed by atoms with van der Waals surface area (Å²) in [5.74, 6) is 0.991. The highest BCUT2D eigenvalue weighted by Crippen LogP contribution is 2.32. The SMILES string of the molecule is Nc1nc(=S)[nH]c2n[nH]c(Nc3ccc(-c4nc5ccccc5s4)cc3)c12. The second-order valence-electron chi connectivity index (χ2n) is 5.94. The molecule has 0 atom stereocenters. The summed E-state index contributed by atoms with van der Waals surface area (Å²) in [4.78, 5) is 11.7. The number of nitrogen functional groups attached to an aromatic ring is 1. The molecule has 132 valence electrons. The number of aromatic nitrogens is 5. The number of hydrogen-bond acceptors (Lipinski definition) is 7. The average Bonchev–Trinajstić information content (AvgIpc) is 3.26. The van der Waals surface area contributed by atoms with Crippen LogP contribution in [0.5, 0.6) is 0 Å². The maximum atomic E-state index is 5.99. The number of benzene rings is 2. The summed E-state index contributed by atoms with van der Waals surface area (Å²) >= 11 is 6.70. The van der Waals surface area contributed by atoms with Crippen LogP contribution < -0.4 is 11.1 Å². The van der Waals surface area contributed by atoms with Gasteiger partial charge in [0.25, 0.3) is 0 Å². The number of nitrogens with one attached hydrogen (secondary N) is 3. The molecule has 0 fully saturated rings. The number of nitrogens with zero attached hydrogens (tertiary/aromatic N) is 3. The summed E-state index contributed by atoms with van der Waals surface area (Å²) in [6.45, 7) is 0. The highest BCUT2D eigenvalue weighted by atomic mass is 32.1. The Balaban J connectivity index is 1.46. The van der Waals surface area contributed by atoms with E-state index in [9.17, 15) is 0 Å². The molecule has 0 amide bonds. The molecule has 3 aromatic heterocycles. The van der Waals surface area contributed by atoms with E-state index in [1.165, 1.54) is 4.70 Å². The molecule has 0 unspecified atom stereocenters. The Morgan fingerprint density at radius 2 is 1.85 bits per heavy atom. The van der Waals surface area contributed by atoms with Crippen molar-refractivity contribution >= 4 is 62.1 Å². The van der Waals surface area contributed by atoms with E-state index in [0.717, 1.165) is 21.8 Å². The third-order valence-corrected chi connectivity index (χ3v) is 5.44. The van der Waals surface area contributed by atoms with E-state index in [1.807, 2.05) is 42.5 Å². The number of aromatic amines is 2. The van der Waals surface area contributed by atoms with Gasteiger partial charge in [-0.25, -0.2) is 9.97 Å². The van der Waals surface area contributed by atoms with Crippen LogP contribution in [0.25, 0.3) is 31.8 Å². The molecule has 3 heterocycles. The third kappa shape index (κ3) is 2.82. The van der Waals surface area contributed by atoms with Crippen LogP contribution in [0.1, 0.15) is 0 Å². The van der Waals surface area contributed by atoms with Gasteiger partial charge in [0.2, 0.25) is 0 Å². The van der Waals surface area contributed by atoms with Gasteiger partial charge in [-0.1, -0.05) is 12.1 Å². The standard InChI is InChI=1S/C18H13N7S2/c19-14-13-15(24-25-16(13)23-18(26)22-14)20-10-7-5-9(6-8-10)17-21-11-3-1-2-4-12(11)27-17/h1-8H,(H5,19,20,22,23,24,25,26). The summed E-state index contributed by atoms with van der Waals surface area (Å²) < 4.78 is 1.48. The van der Waals surface area contributed by atoms with Crippen LogP contribution in [0, 0.1) is 4.77 Å². The first kappa shape index (κ1) is 15.9. The van der Waals surface area contributed by atoms with E-state index in [2.05, 4.69) is 31.5 Å². The Bertz CT molecular complexity index is 1300. The van der Waals surface area contributed by atoms with E-state index >= 15 is 0 Å². The van der Waals surface area contributed by atoms with Crippen molar-refractivity contribution < 1.29 is 0 Å². The monoisotopic (exact) mass is 391 g/mol. The van der Waals surface area contributed by atoms with Gasteiger partial charge in [0, 0.05) is 11.3 Å². The van der Waals surface area contributed by atoms with Crippen molar-refractivity contribution in [1.82, 2.24) is 25.1 Å². The lowest BCUT2D eigenvalue weighted by Gasteiger charge is -2.06. The molecule has 0 aliphatic rings. The summed E-state index contributed by atoms with van der Waals surface area (Å²) in [7, 11) is 0. The topological polar surface area (TPSA) is 108 Å². The van der Waals surface area contributed by atoms with Gasteiger partial charge in [-0.3, -0.25) is 5.10 Å². The van der Waals surface area contributed by atoms with Gasteiger partial charge < -0.3 is 16.0 Å². The predicted octanol–water partition coefficient (Wildman–Crippen LogP) is 4.62. The lowest BCUT2D eigenvalue weighted by molar-refractivity contribution is 1.08. The average molecular weight is 391 g/mol. The zero-order valence-electron chi connectivity index (χ0n) is 13.9. The Morgan fingerprint density at radius 3 is 2.67 bits per heavy atom. The Hall–Kier alpha value is -3.30. The summed E-state index contributed by atoms with van der Waals surface area (Å²) in [5, 5.41) is 12.1. The summed E-state index contributed by atoms with van der Waals surface area (Å²) in [6.07, 6.45) is 0. The van der Waals surface area contributed by atoms with Gasteiger partial charge in [-0.2, -0.15) is 5.10 Å². The minimum absolute atomic E-state index is 0.304. The fourth-order valence-corrected chi connectivity index (χ4v) is 4.07. The number of anilines is 3. The number of para-hydroxylation sites is 1. The molecule has 0 spiro atoms. The minimum atomic E-state index is 0.304. The third-order valence-electron chi connectivity index (χ3n) is 4.16. The lowest BCUT2D eigenvalue weighted by atomic mass is 10.2. The molecule has 5 N–H and O–H groups in total. The van der Waals surface area contributed by atoms with Crippen molar-refractivity contribution in [2.75, 3.05) is 11.1 Å². The Kier molecular flexibility index (Phi) is 3.62. The zero-order chi connectivity index (χ0) is 18.4. The first-order chi connectivity index (χ1) is 13.2. The second kappa shape index (κ2) is 6.15. The lowest BCUT2D eigenvalue weighted by Crippen LogP contribution is -1.96. The van der Waals surface area contributed by atoms with E-state index < -0.39 is 0 Å². The molecule has 2 aromatic carbocycles. The quantitative estimate of drug-likeness (QED) is 0.334. The molecule has 0 aliphatic carbocycles. The van der Waals surface area contributed by atoms with Crippen LogP contribution in [0.15, 0.2) is 48.5 Å². The predicted molar refractivity (Wildman–Crippen MR) is 112 cm³/mol. The maximum Gasteiger partial charge on any atom is 0.200 e. The second-order valence-corrected chi connectivity index (χ2v) is 7.36. The van der Waals surface area contributed by atoms with Gasteiger partial charge in [0.1, 0.15) is 22.0 Å². The summed E-state index contributed by atoms with van der Waals surface area (Å²) in [6, 6.07) is 16.2. The first-order valence-electron chi connectivity index (χ1n) is 8.14. The molecule has 5 rings (SSSR count). The number of rotatable bonds is 3. The molecule has 0 saturated heterocycles. The van der Waals surface area contributed by atoms with Crippen molar-refractivity contribution in [3.63, 3.8) is 0 Å². The largest absolute Gasteiger partial charge is 0.383 e. The highest BCUT2D eigenvalue weighted by molar-refractivity contribution is 7.71. The fraction of sp³-hybridized carbons (Fsp3) is 0. The van der Waals surface area contributed by atoms with Crippen LogP contribution >= 0.6 is 23.6 Å². The fourth-order valence-electron chi connectivity index (χ4n) is 2.90. The van der Waals surface area contributed by atoms with Gasteiger partial charge in [-0.15, -0.1) is 11.3 Å². The summed E-state index contributed by atoms with van der Waals surface area (Å²) in [5.41, 5.74) is 9.54. The zero-order valence-corrected chi connectivity index (χ0v) is 15.5. The molecular formula is C18H13N7S2. The van der Waals surface area contributed by atoms with Crippen molar-refractivity contribution in [3.8, 4) is 10.6 Å². The minimum Gasteiger partial charge on any atom is -0.383 e. The van der Waals surface area contributed by atoms with Gasteiger partial charge in [-0.05, 0) is 48.6 Å². The smallest absolute Gasteiger partial charge is 0.200 e. The Labute approximate surface area is 162 Å². The van der Waals surface area contributed by atoms with Crippen LogP contribution in [-0.4, -0.2) is 25.1 Å². The molecule has 7 nitrogen and oxygen atoms in total. The molecule has 27 heavy (non-hydrogen) atoms. The number of nitrogens with two attached hydrogens (primary N) is 1. The molecule has 0 bridgehead atoms. The van der Waals surface area contributed by atoms with E-state index in [4.69, 9.17) is 22.9 Å². The van der Waals surface area contributed by atoms with Gasteiger partial charge >= 0.3 is 0 Å². The van der Waals surface area contributed by atoms with Crippen molar-refractivity contribution in [1.29, 1.82) is 0 Å². The number of hydrogen-bond donors (Lipinski definition) is 4. The van der Waals surface area contributed by atoms with Crippen LogP contribution in [-0.2, 0) is 0 Å². The number of thiazole rings is 1. The molecule has 0 radical (unpaired) electrons. The molecular weight excluding hydrogens is 378 g/mol. The number of H-pyrrole nitrogens is 2. The van der Waals surface area contributed by atoms with Crippen molar-refractivity contribution in [2.24, 2.45) is 0 Å². The number of fused-ring (bicyclic) bond motifs is 2. The maximum absolute atomic E-state index is 5.99. The van der Waals surface area contributed by atoms with Gasteiger partial charge in [0.15, 0.2) is 10.4 Å². The highest BCUT2D eigenvalue weighted by Gasteiger charge is 2.11. The molecule has 5 aromatic rings. The molecule has 0 aliphatic heterocycles. The van der Waals surface area contributed by atoms with Crippen LogP contribution in [0.3, 0.4) is 0 Å². The van der Waals surface area contributed by atoms with E-state index in [1.54, 1.807) is 11.3 Å². The Morgan fingerprint density at radius 1 is 1.04 bits per heavy atom. The van der Waals surface area contributed by atoms with Crippen molar-refractivity contribution in [3.05, 3.63) is 53.3 Å². The van der Waals surface area contributed by atoms with Crippen LogP contribution in [0.2, 0.25) is 0 Å². The normalized spacial score (nSPS) is 11.3.